The molecule has 3 amide bonds. The van der Waals surface area contributed by atoms with Gasteiger partial charge in [-0.25, -0.2) is 4.98 Å². The summed E-state index contributed by atoms with van der Waals surface area (Å²) in [5.41, 5.74) is -0.785. The standard InChI is InChI=1S/C30H34F3N5O3S/c1-16-11-22(30(31,32)33)35-24(23(16)27(40)37-10-8-18(14-37)13-36(5)6)20-7-9-34-21-12-19(42-25(20)21)15-38-26(39)17(2)29(3,4)28(38)41/h7,9,11-12,17-18H,8,10,13-15H2,1-6H3/t17?,18-/m1/s1. The van der Waals surface area contributed by atoms with E-state index in [0.29, 0.717) is 33.7 Å². The largest absolute Gasteiger partial charge is 0.433 e. The molecule has 5 rings (SSSR count). The predicted molar refractivity (Wildman–Crippen MR) is 154 cm³/mol. The number of carbonyl (C=O) groups excluding carboxylic acids is 3. The molecule has 0 aromatic carbocycles. The van der Waals surface area contributed by atoms with Gasteiger partial charge in [0.25, 0.3) is 5.91 Å². The van der Waals surface area contributed by atoms with E-state index in [0.717, 1.165) is 19.0 Å². The lowest BCUT2D eigenvalue weighted by molar-refractivity contribution is -0.142. The lowest BCUT2D eigenvalue weighted by Crippen LogP contribution is -2.32. The third-order valence-corrected chi connectivity index (χ3v) is 9.61. The molecule has 42 heavy (non-hydrogen) atoms. The second-order valence-electron chi connectivity index (χ2n) is 12.2. The molecule has 2 atom stereocenters. The van der Waals surface area contributed by atoms with E-state index in [2.05, 4.69) is 14.9 Å². The third kappa shape index (κ3) is 5.30. The Morgan fingerprint density at radius 3 is 2.55 bits per heavy atom. The van der Waals surface area contributed by atoms with Gasteiger partial charge in [0.15, 0.2) is 0 Å². The molecular weight excluding hydrogens is 567 g/mol. The van der Waals surface area contributed by atoms with Crippen molar-refractivity contribution in [1.29, 1.82) is 0 Å². The molecule has 0 bridgehead atoms. The topological polar surface area (TPSA) is 86.7 Å². The normalized spacial score (nSPS) is 20.9. The number of nitrogens with zero attached hydrogens (tertiary/aromatic N) is 5. The molecule has 0 N–H and O–H groups in total. The van der Waals surface area contributed by atoms with Crippen molar-refractivity contribution in [3.63, 3.8) is 0 Å². The van der Waals surface area contributed by atoms with Crippen molar-refractivity contribution in [1.82, 2.24) is 24.7 Å². The van der Waals surface area contributed by atoms with Crippen molar-refractivity contribution in [2.45, 2.75) is 46.8 Å². The Labute approximate surface area is 246 Å². The first-order chi connectivity index (χ1) is 19.6. The summed E-state index contributed by atoms with van der Waals surface area (Å²) >= 11 is 1.23. The molecule has 8 nitrogen and oxygen atoms in total. The van der Waals surface area contributed by atoms with E-state index in [1.54, 1.807) is 37.8 Å². The highest BCUT2D eigenvalue weighted by molar-refractivity contribution is 7.19. The fraction of sp³-hybridized carbons (Fsp3) is 0.500. The van der Waals surface area contributed by atoms with Gasteiger partial charge in [-0.15, -0.1) is 11.3 Å². The van der Waals surface area contributed by atoms with Gasteiger partial charge in [0.1, 0.15) is 5.69 Å². The summed E-state index contributed by atoms with van der Waals surface area (Å²) in [4.78, 5) is 53.8. The number of fused-ring (bicyclic) bond motifs is 1. The first kappa shape index (κ1) is 30.1. The number of imide groups is 1. The van der Waals surface area contributed by atoms with Crippen LogP contribution in [0.15, 0.2) is 24.4 Å². The number of hydrogen-bond acceptors (Lipinski definition) is 7. The molecule has 3 aromatic rings. The van der Waals surface area contributed by atoms with Crippen molar-refractivity contribution < 1.29 is 27.6 Å². The fourth-order valence-electron chi connectivity index (χ4n) is 5.86. The Bertz CT molecular complexity index is 1580. The minimum Gasteiger partial charge on any atom is -0.338 e. The van der Waals surface area contributed by atoms with Crippen LogP contribution in [0.1, 0.15) is 53.7 Å². The maximum Gasteiger partial charge on any atom is 0.433 e. The average Bonchev–Trinajstić information content (AvgIpc) is 3.58. The average molecular weight is 602 g/mol. The van der Waals surface area contributed by atoms with Gasteiger partial charge in [0.2, 0.25) is 11.8 Å². The van der Waals surface area contributed by atoms with Crippen LogP contribution in [0, 0.1) is 24.2 Å². The van der Waals surface area contributed by atoms with Crippen molar-refractivity contribution in [3.8, 4) is 11.3 Å². The minimum absolute atomic E-state index is 0.0355. The molecule has 2 aliphatic rings. The number of aryl methyl sites for hydroxylation is 1. The molecule has 224 valence electrons. The van der Waals surface area contributed by atoms with E-state index >= 15 is 0 Å². The van der Waals surface area contributed by atoms with Gasteiger partial charge < -0.3 is 9.80 Å². The molecule has 5 heterocycles. The predicted octanol–water partition coefficient (Wildman–Crippen LogP) is 5.24. The van der Waals surface area contributed by atoms with E-state index in [4.69, 9.17) is 0 Å². The van der Waals surface area contributed by atoms with E-state index in [-0.39, 0.29) is 47.0 Å². The maximum atomic E-state index is 13.9. The first-order valence-corrected chi connectivity index (χ1v) is 14.7. The van der Waals surface area contributed by atoms with Crippen LogP contribution in [-0.4, -0.2) is 76.1 Å². The highest BCUT2D eigenvalue weighted by Gasteiger charge is 2.51. The zero-order chi connectivity index (χ0) is 30.7. The van der Waals surface area contributed by atoms with Gasteiger partial charge in [-0.2, -0.15) is 13.2 Å². The number of amides is 3. The zero-order valence-corrected chi connectivity index (χ0v) is 25.3. The van der Waals surface area contributed by atoms with Gasteiger partial charge in [0.05, 0.1) is 33.4 Å². The van der Waals surface area contributed by atoms with E-state index < -0.39 is 23.2 Å². The van der Waals surface area contributed by atoms with Crippen molar-refractivity contribution in [3.05, 3.63) is 46.1 Å². The zero-order valence-electron chi connectivity index (χ0n) is 24.5. The van der Waals surface area contributed by atoms with E-state index in [9.17, 15) is 27.6 Å². The van der Waals surface area contributed by atoms with Gasteiger partial charge in [-0.05, 0) is 57.1 Å². The summed E-state index contributed by atoms with van der Waals surface area (Å²) in [5.74, 6) is -1.09. The molecule has 0 aliphatic carbocycles. The molecule has 1 unspecified atom stereocenters. The van der Waals surface area contributed by atoms with Crippen LogP contribution in [0.4, 0.5) is 13.2 Å². The smallest absolute Gasteiger partial charge is 0.338 e. The van der Waals surface area contributed by atoms with Gasteiger partial charge in [-0.1, -0.05) is 20.8 Å². The summed E-state index contributed by atoms with van der Waals surface area (Å²) in [7, 11) is 3.93. The van der Waals surface area contributed by atoms with Gasteiger partial charge in [0, 0.05) is 42.2 Å². The van der Waals surface area contributed by atoms with Crippen LogP contribution >= 0.6 is 11.3 Å². The molecule has 0 saturated carbocycles. The van der Waals surface area contributed by atoms with E-state index in [1.165, 1.54) is 29.4 Å². The van der Waals surface area contributed by atoms with Crippen LogP contribution in [0.25, 0.3) is 21.5 Å². The number of likely N-dealkylation sites (tertiary alicyclic amines) is 2. The molecule has 2 aliphatic heterocycles. The van der Waals surface area contributed by atoms with Crippen LogP contribution < -0.4 is 0 Å². The molecule has 0 spiro atoms. The van der Waals surface area contributed by atoms with E-state index in [1.807, 2.05) is 14.1 Å². The van der Waals surface area contributed by atoms with Crippen LogP contribution in [-0.2, 0) is 22.3 Å². The minimum atomic E-state index is -4.71. The summed E-state index contributed by atoms with van der Waals surface area (Å²) in [5, 5.41) is 0. The monoisotopic (exact) mass is 601 g/mol. The fourth-order valence-corrected chi connectivity index (χ4v) is 6.97. The number of hydrogen-bond donors (Lipinski definition) is 0. The Balaban J connectivity index is 1.58. The van der Waals surface area contributed by atoms with Crippen molar-refractivity contribution in [2.75, 3.05) is 33.7 Å². The SMILES string of the molecule is Cc1cc(C(F)(F)F)nc(-c2ccnc3cc(CN4C(=O)C(C)C(C)(C)C4=O)sc23)c1C(=O)N1CC[C@H](CN(C)C)C1. The van der Waals surface area contributed by atoms with Gasteiger partial charge >= 0.3 is 6.18 Å². The summed E-state index contributed by atoms with van der Waals surface area (Å²) < 4.78 is 42.4. The summed E-state index contributed by atoms with van der Waals surface area (Å²) in [6.45, 7) is 8.59. The summed E-state index contributed by atoms with van der Waals surface area (Å²) in [6.07, 6.45) is -2.43. The highest BCUT2D eigenvalue weighted by Crippen LogP contribution is 2.41. The number of carbonyl (C=O) groups is 3. The van der Waals surface area contributed by atoms with Crippen molar-refractivity contribution >= 4 is 39.3 Å². The Hall–Kier alpha value is -3.38. The van der Waals surface area contributed by atoms with Crippen LogP contribution in [0.3, 0.4) is 0 Å². The Morgan fingerprint density at radius 2 is 1.93 bits per heavy atom. The first-order valence-electron chi connectivity index (χ1n) is 13.9. The van der Waals surface area contributed by atoms with Crippen LogP contribution in [0.5, 0.6) is 0 Å². The molecule has 0 radical (unpaired) electrons. The molecule has 2 saturated heterocycles. The summed E-state index contributed by atoms with van der Waals surface area (Å²) in [6, 6.07) is 4.22. The number of halogens is 3. The number of aromatic nitrogens is 2. The van der Waals surface area contributed by atoms with Gasteiger partial charge in [-0.3, -0.25) is 24.3 Å². The highest BCUT2D eigenvalue weighted by atomic mass is 32.1. The van der Waals surface area contributed by atoms with Crippen LogP contribution in [0.2, 0.25) is 0 Å². The van der Waals surface area contributed by atoms with Crippen molar-refractivity contribution in [2.24, 2.45) is 17.3 Å². The molecular formula is C30H34F3N5O3S. The number of rotatable bonds is 6. The lowest BCUT2D eigenvalue weighted by Gasteiger charge is -2.22. The quantitative estimate of drug-likeness (QED) is 0.360. The Morgan fingerprint density at radius 1 is 1.21 bits per heavy atom. The maximum absolute atomic E-state index is 13.9. The molecule has 3 aromatic heterocycles. The molecule has 2 fully saturated rings. The second-order valence-corrected chi connectivity index (χ2v) is 13.3. The molecule has 12 heteroatoms. The number of alkyl halides is 3. The lowest BCUT2D eigenvalue weighted by atomic mass is 9.82. The number of pyridine rings is 2. The Kier molecular flexibility index (Phi) is 7.68. The third-order valence-electron chi connectivity index (χ3n) is 8.46. The second kappa shape index (κ2) is 10.7. The number of thiophene rings is 1.